The second-order valence-corrected chi connectivity index (χ2v) is 4.85. The first-order valence-electron chi connectivity index (χ1n) is 6.89. The molecular formula is C15H22N2O2. The standard InChI is InChI=1S/C10H13NO.C5H9NO/c1-2-4-10(5-3-1)11-6-8-12-9-7-11;1-6-4-2-3-5(6)7/h1-5H,6-9H2;2-4H2,1H3. The Labute approximate surface area is 115 Å². The zero-order chi connectivity index (χ0) is 13.5. The summed E-state index contributed by atoms with van der Waals surface area (Å²) in [7, 11) is 1.84. The van der Waals surface area contributed by atoms with Crippen molar-refractivity contribution in [3.8, 4) is 0 Å². The van der Waals surface area contributed by atoms with Crippen molar-refractivity contribution in [3.05, 3.63) is 30.3 Å². The Kier molecular flexibility index (Phi) is 5.21. The van der Waals surface area contributed by atoms with Crippen LogP contribution in [0, 0.1) is 0 Å². The molecule has 0 atom stereocenters. The number of rotatable bonds is 1. The maximum atomic E-state index is 10.5. The van der Waals surface area contributed by atoms with Gasteiger partial charge in [0.05, 0.1) is 13.2 Å². The largest absolute Gasteiger partial charge is 0.378 e. The van der Waals surface area contributed by atoms with Gasteiger partial charge in [0.1, 0.15) is 0 Å². The molecule has 1 aromatic carbocycles. The number of carbonyl (C=O) groups is 1. The molecule has 1 amide bonds. The van der Waals surface area contributed by atoms with E-state index in [4.69, 9.17) is 4.74 Å². The van der Waals surface area contributed by atoms with Crippen molar-refractivity contribution in [3.63, 3.8) is 0 Å². The Morgan fingerprint density at radius 1 is 1.05 bits per heavy atom. The monoisotopic (exact) mass is 262 g/mol. The van der Waals surface area contributed by atoms with Gasteiger partial charge >= 0.3 is 0 Å². The number of benzene rings is 1. The van der Waals surface area contributed by atoms with Gasteiger partial charge in [-0.05, 0) is 18.6 Å². The SMILES string of the molecule is CN1CCCC1=O.c1ccc(N2CCOCC2)cc1. The molecule has 0 aliphatic carbocycles. The molecular weight excluding hydrogens is 240 g/mol. The van der Waals surface area contributed by atoms with E-state index in [0.29, 0.717) is 5.91 Å². The number of amides is 1. The average Bonchev–Trinajstić information content (AvgIpc) is 2.85. The van der Waals surface area contributed by atoms with Gasteiger partial charge < -0.3 is 14.5 Å². The van der Waals surface area contributed by atoms with Gasteiger partial charge in [0, 0.05) is 38.8 Å². The Balaban J connectivity index is 0.000000163. The van der Waals surface area contributed by atoms with Crippen molar-refractivity contribution < 1.29 is 9.53 Å². The van der Waals surface area contributed by atoms with Crippen LogP contribution in [0.4, 0.5) is 5.69 Å². The molecule has 0 unspecified atom stereocenters. The second kappa shape index (κ2) is 7.14. The summed E-state index contributed by atoms with van der Waals surface area (Å²) in [5.74, 6) is 0.292. The molecule has 104 valence electrons. The molecule has 0 saturated carbocycles. The van der Waals surface area contributed by atoms with Crippen LogP contribution in [0.25, 0.3) is 0 Å². The minimum absolute atomic E-state index is 0.292. The minimum atomic E-state index is 0.292. The molecule has 0 bridgehead atoms. The number of carbonyl (C=O) groups excluding carboxylic acids is 1. The lowest BCUT2D eigenvalue weighted by atomic mass is 10.3. The number of ether oxygens (including phenoxy) is 1. The van der Waals surface area contributed by atoms with Crippen molar-refractivity contribution in [1.29, 1.82) is 0 Å². The van der Waals surface area contributed by atoms with Gasteiger partial charge in [-0.1, -0.05) is 18.2 Å². The molecule has 1 aromatic rings. The molecule has 2 fully saturated rings. The van der Waals surface area contributed by atoms with Crippen LogP contribution in [0.5, 0.6) is 0 Å². The third-order valence-corrected chi connectivity index (χ3v) is 3.44. The van der Waals surface area contributed by atoms with E-state index in [-0.39, 0.29) is 0 Å². The van der Waals surface area contributed by atoms with E-state index in [1.165, 1.54) is 5.69 Å². The maximum absolute atomic E-state index is 10.5. The van der Waals surface area contributed by atoms with E-state index in [1.807, 2.05) is 13.1 Å². The molecule has 4 nitrogen and oxygen atoms in total. The number of para-hydroxylation sites is 1. The Morgan fingerprint density at radius 2 is 1.74 bits per heavy atom. The lowest BCUT2D eigenvalue weighted by Gasteiger charge is -2.28. The maximum Gasteiger partial charge on any atom is 0.222 e. The van der Waals surface area contributed by atoms with E-state index in [0.717, 1.165) is 45.7 Å². The highest BCUT2D eigenvalue weighted by atomic mass is 16.5. The quantitative estimate of drug-likeness (QED) is 0.773. The highest BCUT2D eigenvalue weighted by molar-refractivity contribution is 5.77. The van der Waals surface area contributed by atoms with Crippen LogP contribution in [-0.2, 0) is 9.53 Å². The number of hydrogen-bond acceptors (Lipinski definition) is 3. The highest BCUT2D eigenvalue weighted by Crippen LogP contribution is 2.13. The van der Waals surface area contributed by atoms with Gasteiger partial charge in [-0.25, -0.2) is 0 Å². The summed E-state index contributed by atoms with van der Waals surface area (Å²) >= 11 is 0. The predicted molar refractivity (Wildman–Crippen MR) is 76.3 cm³/mol. The molecule has 2 aliphatic heterocycles. The van der Waals surface area contributed by atoms with Crippen LogP contribution in [0.3, 0.4) is 0 Å². The fourth-order valence-electron chi connectivity index (χ4n) is 2.24. The van der Waals surface area contributed by atoms with E-state index in [2.05, 4.69) is 29.2 Å². The summed E-state index contributed by atoms with van der Waals surface area (Å²) in [5.41, 5.74) is 1.31. The van der Waals surface area contributed by atoms with Crippen LogP contribution in [0.15, 0.2) is 30.3 Å². The molecule has 19 heavy (non-hydrogen) atoms. The van der Waals surface area contributed by atoms with Crippen LogP contribution >= 0.6 is 0 Å². The zero-order valence-corrected chi connectivity index (χ0v) is 11.5. The topological polar surface area (TPSA) is 32.8 Å². The highest BCUT2D eigenvalue weighted by Gasteiger charge is 2.14. The Bertz CT molecular complexity index is 388. The van der Waals surface area contributed by atoms with Gasteiger partial charge in [-0.2, -0.15) is 0 Å². The summed E-state index contributed by atoms with van der Waals surface area (Å²) < 4.78 is 5.28. The molecule has 0 N–H and O–H groups in total. The molecule has 2 heterocycles. The van der Waals surface area contributed by atoms with Crippen LogP contribution in [-0.4, -0.2) is 50.7 Å². The van der Waals surface area contributed by atoms with E-state index in [9.17, 15) is 4.79 Å². The lowest BCUT2D eigenvalue weighted by molar-refractivity contribution is -0.126. The van der Waals surface area contributed by atoms with E-state index < -0.39 is 0 Å². The minimum Gasteiger partial charge on any atom is -0.378 e. The van der Waals surface area contributed by atoms with Crippen molar-refractivity contribution in [2.75, 3.05) is 44.8 Å². The Hall–Kier alpha value is -1.55. The number of hydrogen-bond donors (Lipinski definition) is 0. The molecule has 2 aliphatic rings. The second-order valence-electron chi connectivity index (χ2n) is 4.85. The molecule has 0 spiro atoms. The van der Waals surface area contributed by atoms with Crippen LogP contribution < -0.4 is 4.90 Å². The van der Waals surface area contributed by atoms with Crippen LogP contribution in [0.1, 0.15) is 12.8 Å². The summed E-state index contributed by atoms with van der Waals surface area (Å²) in [4.78, 5) is 14.6. The summed E-state index contributed by atoms with van der Waals surface area (Å²) in [6.07, 6.45) is 1.81. The lowest BCUT2D eigenvalue weighted by Crippen LogP contribution is -2.36. The number of anilines is 1. The van der Waals surface area contributed by atoms with Gasteiger partial charge in [-0.15, -0.1) is 0 Å². The Morgan fingerprint density at radius 3 is 2.21 bits per heavy atom. The summed E-state index contributed by atoms with van der Waals surface area (Å²) in [5, 5.41) is 0. The first kappa shape index (κ1) is 13.9. The summed E-state index contributed by atoms with van der Waals surface area (Å²) in [6.45, 7) is 4.71. The molecule has 2 saturated heterocycles. The summed E-state index contributed by atoms with van der Waals surface area (Å²) in [6, 6.07) is 10.5. The first-order chi connectivity index (χ1) is 9.27. The third-order valence-electron chi connectivity index (χ3n) is 3.44. The van der Waals surface area contributed by atoms with E-state index in [1.54, 1.807) is 4.90 Å². The van der Waals surface area contributed by atoms with E-state index >= 15 is 0 Å². The molecule has 3 rings (SSSR count). The average molecular weight is 262 g/mol. The van der Waals surface area contributed by atoms with Gasteiger partial charge in [0.25, 0.3) is 0 Å². The number of morpholine rings is 1. The van der Waals surface area contributed by atoms with Crippen molar-refractivity contribution >= 4 is 11.6 Å². The fourth-order valence-corrected chi connectivity index (χ4v) is 2.24. The van der Waals surface area contributed by atoms with Crippen LogP contribution in [0.2, 0.25) is 0 Å². The van der Waals surface area contributed by atoms with Crippen molar-refractivity contribution in [1.82, 2.24) is 4.90 Å². The molecule has 4 heteroatoms. The smallest absolute Gasteiger partial charge is 0.222 e. The zero-order valence-electron chi connectivity index (χ0n) is 11.5. The van der Waals surface area contributed by atoms with Crippen molar-refractivity contribution in [2.24, 2.45) is 0 Å². The van der Waals surface area contributed by atoms with Crippen molar-refractivity contribution in [2.45, 2.75) is 12.8 Å². The molecule has 0 aromatic heterocycles. The first-order valence-corrected chi connectivity index (χ1v) is 6.89. The van der Waals surface area contributed by atoms with Gasteiger partial charge in [-0.3, -0.25) is 4.79 Å². The van der Waals surface area contributed by atoms with Gasteiger partial charge in [0.2, 0.25) is 5.91 Å². The van der Waals surface area contributed by atoms with Gasteiger partial charge in [0.15, 0.2) is 0 Å². The predicted octanol–water partition coefficient (Wildman–Crippen LogP) is 1.76. The molecule has 0 radical (unpaired) electrons. The number of nitrogens with zero attached hydrogens (tertiary/aromatic N) is 2. The normalized spacial score (nSPS) is 19.1. The fraction of sp³-hybridized carbons (Fsp3) is 0.533. The number of likely N-dealkylation sites (tertiary alicyclic amines) is 1. The third kappa shape index (κ3) is 4.24.